The van der Waals surface area contributed by atoms with E-state index >= 15 is 0 Å². The summed E-state index contributed by atoms with van der Waals surface area (Å²) in [6, 6.07) is 14.3. The Morgan fingerprint density at radius 2 is 1.89 bits per heavy atom. The quantitative estimate of drug-likeness (QED) is 0.641. The SMILES string of the molecule is Cc1ccc(N2C[C@H](C(=O)OCn3nnc4ccccc4c3=O)CC2=O)cc1. The van der Waals surface area contributed by atoms with E-state index in [4.69, 9.17) is 4.74 Å². The monoisotopic (exact) mass is 378 g/mol. The van der Waals surface area contributed by atoms with E-state index in [0.717, 1.165) is 15.9 Å². The van der Waals surface area contributed by atoms with Gasteiger partial charge in [0, 0.05) is 18.7 Å². The molecular formula is C20H18N4O4. The summed E-state index contributed by atoms with van der Waals surface area (Å²) in [6.45, 7) is 1.87. The van der Waals surface area contributed by atoms with Gasteiger partial charge >= 0.3 is 5.97 Å². The number of carbonyl (C=O) groups excluding carboxylic acids is 2. The number of hydrogen-bond donors (Lipinski definition) is 0. The van der Waals surface area contributed by atoms with E-state index in [1.807, 2.05) is 31.2 Å². The minimum atomic E-state index is -0.585. The molecule has 1 fully saturated rings. The van der Waals surface area contributed by atoms with Crippen molar-refractivity contribution in [3.8, 4) is 0 Å². The van der Waals surface area contributed by atoms with E-state index < -0.39 is 11.9 Å². The smallest absolute Gasteiger partial charge is 0.313 e. The van der Waals surface area contributed by atoms with Gasteiger partial charge in [-0.15, -0.1) is 5.10 Å². The number of nitrogens with zero attached hydrogens (tertiary/aromatic N) is 4. The molecule has 1 amide bonds. The van der Waals surface area contributed by atoms with Crippen LogP contribution in [0.15, 0.2) is 53.3 Å². The number of anilines is 1. The zero-order valence-corrected chi connectivity index (χ0v) is 15.2. The van der Waals surface area contributed by atoms with Crippen LogP contribution in [0.1, 0.15) is 12.0 Å². The lowest BCUT2D eigenvalue weighted by Gasteiger charge is -2.16. The first-order valence-electron chi connectivity index (χ1n) is 8.89. The Labute approximate surface area is 160 Å². The summed E-state index contributed by atoms with van der Waals surface area (Å²) in [5.41, 5.74) is 1.93. The Balaban J connectivity index is 1.43. The zero-order valence-electron chi connectivity index (χ0n) is 15.2. The van der Waals surface area contributed by atoms with E-state index in [0.29, 0.717) is 10.9 Å². The van der Waals surface area contributed by atoms with Gasteiger partial charge in [-0.3, -0.25) is 14.4 Å². The Hall–Kier alpha value is -3.55. The molecule has 0 radical (unpaired) electrons. The van der Waals surface area contributed by atoms with Crippen molar-refractivity contribution >= 4 is 28.5 Å². The molecule has 8 nitrogen and oxygen atoms in total. The molecule has 142 valence electrons. The van der Waals surface area contributed by atoms with Gasteiger partial charge in [0.05, 0.1) is 11.3 Å². The number of amides is 1. The lowest BCUT2D eigenvalue weighted by atomic mass is 10.1. The molecule has 0 unspecified atom stereocenters. The highest BCUT2D eigenvalue weighted by Crippen LogP contribution is 2.26. The molecule has 1 aliphatic rings. The maximum Gasteiger partial charge on any atom is 0.313 e. The highest BCUT2D eigenvalue weighted by molar-refractivity contribution is 5.99. The second-order valence-corrected chi connectivity index (χ2v) is 6.74. The van der Waals surface area contributed by atoms with Crippen molar-refractivity contribution in [2.75, 3.05) is 11.4 Å². The van der Waals surface area contributed by atoms with E-state index in [9.17, 15) is 14.4 Å². The highest BCUT2D eigenvalue weighted by Gasteiger charge is 2.36. The number of esters is 1. The normalized spacial score (nSPS) is 16.5. The molecule has 8 heteroatoms. The maximum absolute atomic E-state index is 12.4. The van der Waals surface area contributed by atoms with Gasteiger partial charge in [0.25, 0.3) is 5.56 Å². The number of fused-ring (bicyclic) bond motifs is 1. The average Bonchev–Trinajstić information content (AvgIpc) is 3.10. The first kappa shape index (κ1) is 17.8. The van der Waals surface area contributed by atoms with Crippen molar-refractivity contribution in [3.63, 3.8) is 0 Å². The lowest BCUT2D eigenvalue weighted by molar-refractivity contribution is -0.152. The largest absolute Gasteiger partial charge is 0.442 e. The van der Waals surface area contributed by atoms with Gasteiger partial charge < -0.3 is 9.64 Å². The standard InChI is InChI=1S/C20H18N4O4/c1-13-6-8-15(9-7-13)23-11-14(10-18(23)25)20(27)28-12-24-19(26)16-4-2-3-5-17(16)21-22-24/h2-9,14H,10-12H2,1H3/t14-/m1/s1. The van der Waals surface area contributed by atoms with Crippen LogP contribution in [0.2, 0.25) is 0 Å². The third-order valence-electron chi connectivity index (χ3n) is 4.76. The van der Waals surface area contributed by atoms with Gasteiger partial charge in [0.15, 0.2) is 6.73 Å². The fourth-order valence-electron chi connectivity index (χ4n) is 3.19. The highest BCUT2D eigenvalue weighted by atomic mass is 16.5. The van der Waals surface area contributed by atoms with E-state index in [-0.39, 0.29) is 31.2 Å². The van der Waals surface area contributed by atoms with E-state index in [1.165, 1.54) is 0 Å². The topological polar surface area (TPSA) is 94.4 Å². The molecule has 0 spiro atoms. The Bertz CT molecular complexity index is 1110. The predicted octanol–water partition coefficient (Wildman–Crippen LogP) is 1.65. The third-order valence-corrected chi connectivity index (χ3v) is 4.76. The number of hydrogen-bond acceptors (Lipinski definition) is 6. The minimum Gasteiger partial charge on any atom is -0.442 e. The van der Waals surface area contributed by atoms with Crippen molar-refractivity contribution in [2.45, 2.75) is 20.1 Å². The molecule has 1 aliphatic heterocycles. The molecule has 0 bridgehead atoms. The molecule has 0 aliphatic carbocycles. The lowest BCUT2D eigenvalue weighted by Crippen LogP contribution is -2.29. The molecule has 3 aromatic rings. The molecule has 0 saturated carbocycles. The van der Waals surface area contributed by atoms with Gasteiger partial charge in [-0.2, -0.15) is 4.68 Å². The number of aromatic nitrogens is 3. The van der Waals surface area contributed by atoms with Gasteiger partial charge in [0.2, 0.25) is 5.91 Å². The molecule has 1 atom stereocenters. The summed E-state index contributed by atoms with van der Waals surface area (Å²) in [6.07, 6.45) is 0.0744. The van der Waals surface area contributed by atoms with Crippen LogP contribution in [0.25, 0.3) is 10.9 Å². The maximum atomic E-state index is 12.4. The fraction of sp³-hybridized carbons (Fsp3) is 0.250. The first-order valence-corrected chi connectivity index (χ1v) is 8.89. The van der Waals surface area contributed by atoms with Crippen LogP contribution in [-0.4, -0.2) is 33.4 Å². The summed E-state index contributed by atoms with van der Waals surface area (Å²) in [5, 5.41) is 8.14. The number of aryl methyl sites for hydroxylation is 1. The van der Waals surface area contributed by atoms with Crippen LogP contribution in [-0.2, 0) is 21.1 Å². The van der Waals surface area contributed by atoms with Crippen molar-refractivity contribution in [1.29, 1.82) is 0 Å². The van der Waals surface area contributed by atoms with Crippen LogP contribution in [0.3, 0.4) is 0 Å². The Morgan fingerprint density at radius 1 is 1.14 bits per heavy atom. The Kier molecular flexibility index (Phi) is 4.60. The zero-order chi connectivity index (χ0) is 19.7. The van der Waals surface area contributed by atoms with E-state index in [1.54, 1.807) is 29.2 Å². The number of carbonyl (C=O) groups is 2. The van der Waals surface area contributed by atoms with Gasteiger partial charge in [-0.05, 0) is 31.2 Å². The summed E-state index contributed by atoms with van der Waals surface area (Å²) >= 11 is 0. The van der Waals surface area contributed by atoms with E-state index in [2.05, 4.69) is 10.3 Å². The van der Waals surface area contributed by atoms with Gasteiger partial charge in [-0.25, -0.2) is 0 Å². The summed E-state index contributed by atoms with van der Waals surface area (Å²) in [4.78, 5) is 38.7. The van der Waals surface area contributed by atoms with Crippen LogP contribution in [0.5, 0.6) is 0 Å². The second-order valence-electron chi connectivity index (χ2n) is 6.74. The van der Waals surface area contributed by atoms with Gasteiger partial charge in [-0.1, -0.05) is 35.0 Å². The van der Waals surface area contributed by atoms with Crippen LogP contribution >= 0.6 is 0 Å². The van der Waals surface area contributed by atoms with Crippen molar-refractivity contribution in [2.24, 2.45) is 5.92 Å². The Morgan fingerprint density at radius 3 is 2.68 bits per heavy atom. The minimum absolute atomic E-state index is 0.0744. The summed E-state index contributed by atoms with van der Waals surface area (Å²) in [7, 11) is 0. The molecule has 2 aromatic carbocycles. The molecule has 2 heterocycles. The summed E-state index contributed by atoms with van der Waals surface area (Å²) < 4.78 is 6.23. The predicted molar refractivity (Wildman–Crippen MR) is 102 cm³/mol. The fourth-order valence-corrected chi connectivity index (χ4v) is 3.19. The first-order chi connectivity index (χ1) is 13.5. The van der Waals surface area contributed by atoms with Crippen molar-refractivity contribution in [1.82, 2.24) is 15.0 Å². The molecule has 1 saturated heterocycles. The molecule has 1 aromatic heterocycles. The summed E-state index contributed by atoms with van der Waals surface area (Å²) in [5.74, 6) is -1.25. The molecular weight excluding hydrogens is 360 g/mol. The number of rotatable bonds is 4. The second kappa shape index (κ2) is 7.22. The third kappa shape index (κ3) is 3.36. The van der Waals surface area contributed by atoms with Crippen LogP contribution in [0.4, 0.5) is 5.69 Å². The molecule has 4 rings (SSSR count). The van der Waals surface area contributed by atoms with Crippen LogP contribution < -0.4 is 10.5 Å². The van der Waals surface area contributed by atoms with Crippen molar-refractivity contribution < 1.29 is 14.3 Å². The molecule has 0 N–H and O–H groups in total. The van der Waals surface area contributed by atoms with Crippen molar-refractivity contribution in [3.05, 3.63) is 64.4 Å². The molecule has 28 heavy (non-hydrogen) atoms. The number of ether oxygens (including phenoxy) is 1. The van der Waals surface area contributed by atoms with Gasteiger partial charge in [0.1, 0.15) is 5.52 Å². The van der Waals surface area contributed by atoms with Crippen LogP contribution in [0, 0.1) is 12.8 Å². The number of benzene rings is 2. The average molecular weight is 378 g/mol.